The standard InChI is InChI=1S/C13H21NO2S/c1-15-8-10-17-9-4-7-16-13-6-3-2-5-12(13)11-14/h2-3,5-6H,4,7-11,14H2,1H3. The van der Waals surface area contributed by atoms with Crippen LogP contribution in [0.2, 0.25) is 0 Å². The minimum absolute atomic E-state index is 0.527. The summed E-state index contributed by atoms with van der Waals surface area (Å²) in [6, 6.07) is 7.93. The van der Waals surface area contributed by atoms with Gasteiger partial charge in [-0.2, -0.15) is 11.8 Å². The number of rotatable bonds is 9. The molecule has 0 heterocycles. The molecule has 0 aliphatic heterocycles. The smallest absolute Gasteiger partial charge is 0.123 e. The lowest BCUT2D eigenvalue weighted by Gasteiger charge is -2.09. The van der Waals surface area contributed by atoms with Gasteiger partial charge in [-0.05, 0) is 18.2 Å². The van der Waals surface area contributed by atoms with Gasteiger partial charge in [-0.3, -0.25) is 0 Å². The van der Waals surface area contributed by atoms with Gasteiger partial charge in [0.25, 0.3) is 0 Å². The van der Waals surface area contributed by atoms with Crippen molar-refractivity contribution in [3.63, 3.8) is 0 Å². The molecule has 1 aromatic carbocycles. The van der Waals surface area contributed by atoms with Gasteiger partial charge in [0.2, 0.25) is 0 Å². The molecule has 0 bridgehead atoms. The largest absolute Gasteiger partial charge is 0.493 e. The van der Waals surface area contributed by atoms with Crippen LogP contribution in [-0.4, -0.2) is 31.8 Å². The molecule has 0 amide bonds. The Morgan fingerprint density at radius 3 is 2.76 bits per heavy atom. The van der Waals surface area contributed by atoms with Gasteiger partial charge >= 0.3 is 0 Å². The monoisotopic (exact) mass is 255 g/mol. The molecule has 3 nitrogen and oxygen atoms in total. The van der Waals surface area contributed by atoms with Crippen LogP contribution in [0.4, 0.5) is 0 Å². The summed E-state index contributed by atoms with van der Waals surface area (Å²) in [7, 11) is 1.73. The van der Waals surface area contributed by atoms with E-state index in [1.165, 1.54) is 0 Å². The van der Waals surface area contributed by atoms with Crippen molar-refractivity contribution in [2.24, 2.45) is 5.73 Å². The lowest BCUT2D eigenvalue weighted by atomic mass is 10.2. The molecular weight excluding hydrogens is 234 g/mol. The van der Waals surface area contributed by atoms with Crippen molar-refractivity contribution in [3.05, 3.63) is 29.8 Å². The predicted molar refractivity (Wildman–Crippen MR) is 73.6 cm³/mol. The number of thioether (sulfide) groups is 1. The summed E-state index contributed by atoms with van der Waals surface area (Å²) in [5, 5.41) is 0. The molecule has 0 aromatic heterocycles. The molecular formula is C13H21NO2S. The Labute approximate surface area is 108 Å². The Balaban J connectivity index is 2.13. The molecule has 96 valence electrons. The van der Waals surface area contributed by atoms with E-state index in [1.807, 2.05) is 36.0 Å². The van der Waals surface area contributed by atoms with Crippen molar-refractivity contribution in [1.82, 2.24) is 0 Å². The zero-order chi connectivity index (χ0) is 12.3. The van der Waals surface area contributed by atoms with Gasteiger partial charge in [-0.15, -0.1) is 0 Å². The Bertz CT molecular complexity index is 307. The van der Waals surface area contributed by atoms with Crippen LogP contribution < -0.4 is 10.5 Å². The molecule has 1 rings (SSSR count). The van der Waals surface area contributed by atoms with Crippen LogP contribution in [0.15, 0.2) is 24.3 Å². The van der Waals surface area contributed by atoms with Gasteiger partial charge in [-0.1, -0.05) is 18.2 Å². The summed E-state index contributed by atoms with van der Waals surface area (Å²) >= 11 is 1.89. The third-order valence-corrected chi connectivity index (χ3v) is 3.35. The van der Waals surface area contributed by atoms with E-state index >= 15 is 0 Å². The van der Waals surface area contributed by atoms with Crippen molar-refractivity contribution in [1.29, 1.82) is 0 Å². The van der Waals surface area contributed by atoms with Gasteiger partial charge < -0.3 is 15.2 Å². The molecule has 2 N–H and O–H groups in total. The second kappa shape index (κ2) is 9.33. The lowest BCUT2D eigenvalue weighted by Crippen LogP contribution is -2.04. The maximum atomic E-state index is 5.71. The van der Waals surface area contributed by atoms with E-state index in [-0.39, 0.29) is 0 Å². The van der Waals surface area contributed by atoms with Crippen molar-refractivity contribution in [3.8, 4) is 5.75 Å². The second-order valence-corrected chi connectivity index (χ2v) is 4.84. The Morgan fingerprint density at radius 1 is 1.18 bits per heavy atom. The third kappa shape index (κ3) is 5.96. The number of para-hydroxylation sites is 1. The maximum Gasteiger partial charge on any atom is 0.123 e. The van der Waals surface area contributed by atoms with Gasteiger partial charge in [-0.25, -0.2) is 0 Å². The summed E-state index contributed by atoms with van der Waals surface area (Å²) in [6.07, 6.45) is 1.05. The highest BCUT2D eigenvalue weighted by Gasteiger charge is 2.00. The number of hydrogen-bond acceptors (Lipinski definition) is 4. The maximum absolute atomic E-state index is 5.71. The average Bonchev–Trinajstić information content (AvgIpc) is 2.38. The number of ether oxygens (including phenoxy) is 2. The molecule has 0 saturated heterocycles. The normalized spacial score (nSPS) is 10.5. The Kier molecular flexibility index (Phi) is 7.88. The van der Waals surface area contributed by atoms with E-state index in [1.54, 1.807) is 7.11 Å². The van der Waals surface area contributed by atoms with Crippen molar-refractivity contribution in [2.75, 3.05) is 31.8 Å². The molecule has 0 radical (unpaired) electrons. The van der Waals surface area contributed by atoms with Crippen LogP contribution in [0.5, 0.6) is 5.75 Å². The van der Waals surface area contributed by atoms with Crippen molar-refractivity contribution in [2.45, 2.75) is 13.0 Å². The highest BCUT2D eigenvalue weighted by atomic mass is 32.2. The molecule has 0 saturated carbocycles. The minimum Gasteiger partial charge on any atom is -0.493 e. The van der Waals surface area contributed by atoms with Crippen LogP contribution >= 0.6 is 11.8 Å². The number of methoxy groups -OCH3 is 1. The average molecular weight is 255 g/mol. The molecule has 0 aliphatic carbocycles. The van der Waals surface area contributed by atoms with E-state index < -0.39 is 0 Å². The highest BCUT2D eigenvalue weighted by Crippen LogP contribution is 2.17. The zero-order valence-electron chi connectivity index (χ0n) is 10.4. The van der Waals surface area contributed by atoms with Gasteiger partial charge in [0.15, 0.2) is 0 Å². The molecule has 0 aliphatic rings. The first-order chi connectivity index (χ1) is 8.38. The number of benzene rings is 1. The fraction of sp³-hybridized carbons (Fsp3) is 0.538. The molecule has 0 fully saturated rings. The minimum atomic E-state index is 0.527. The van der Waals surface area contributed by atoms with E-state index in [4.69, 9.17) is 15.2 Å². The fourth-order valence-corrected chi connectivity index (χ4v) is 2.21. The molecule has 1 aromatic rings. The van der Waals surface area contributed by atoms with E-state index in [9.17, 15) is 0 Å². The van der Waals surface area contributed by atoms with Crippen LogP contribution in [0.1, 0.15) is 12.0 Å². The SMILES string of the molecule is COCCSCCCOc1ccccc1CN. The number of nitrogens with two attached hydrogens (primary N) is 1. The lowest BCUT2D eigenvalue weighted by molar-refractivity contribution is 0.218. The highest BCUT2D eigenvalue weighted by molar-refractivity contribution is 7.99. The van der Waals surface area contributed by atoms with Crippen molar-refractivity contribution < 1.29 is 9.47 Å². The fourth-order valence-electron chi connectivity index (χ4n) is 1.40. The van der Waals surface area contributed by atoms with Gasteiger partial charge in [0.05, 0.1) is 13.2 Å². The Hall–Kier alpha value is -0.710. The molecule has 17 heavy (non-hydrogen) atoms. The summed E-state index contributed by atoms with van der Waals surface area (Å²) in [6.45, 7) is 2.09. The summed E-state index contributed by atoms with van der Waals surface area (Å²) < 4.78 is 10.7. The van der Waals surface area contributed by atoms with Crippen molar-refractivity contribution >= 4 is 11.8 Å². The van der Waals surface area contributed by atoms with Crippen LogP contribution in [-0.2, 0) is 11.3 Å². The number of hydrogen-bond donors (Lipinski definition) is 1. The summed E-state index contributed by atoms with van der Waals surface area (Å²) in [5.74, 6) is 3.07. The topological polar surface area (TPSA) is 44.5 Å². The first-order valence-electron chi connectivity index (χ1n) is 5.86. The molecule has 0 atom stereocenters. The molecule has 4 heteroatoms. The third-order valence-electron chi connectivity index (χ3n) is 2.31. The predicted octanol–water partition coefficient (Wildman–Crippen LogP) is 2.29. The van der Waals surface area contributed by atoms with Gasteiger partial charge in [0, 0.05) is 25.0 Å². The van der Waals surface area contributed by atoms with E-state index in [0.717, 1.165) is 42.5 Å². The molecule has 0 unspecified atom stereocenters. The Morgan fingerprint density at radius 2 is 2.00 bits per heavy atom. The first kappa shape index (κ1) is 14.4. The van der Waals surface area contributed by atoms with E-state index in [2.05, 4.69) is 0 Å². The quantitative estimate of drug-likeness (QED) is 0.688. The van der Waals surface area contributed by atoms with Crippen LogP contribution in [0, 0.1) is 0 Å². The van der Waals surface area contributed by atoms with Crippen LogP contribution in [0.25, 0.3) is 0 Å². The van der Waals surface area contributed by atoms with Gasteiger partial charge in [0.1, 0.15) is 5.75 Å². The molecule has 0 spiro atoms. The summed E-state index contributed by atoms with van der Waals surface area (Å²) in [5.41, 5.74) is 6.71. The van der Waals surface area contributed by atoms with Crippen LogP contribution in [0.3, 0.4) is 0 Å². The zero-order valence-corrected chi connectivity index (χ0v) is 11.2. The first-order valence-corrected chi connectivity index (χ1v) is 7.01. The second-order valence-electron chi connectivity index (χ2n) is 3.62. The summed E-state index contributed by atoms with van der Waals surface area (Å²) in [4.78, 5) is 0. The van der Waals surface area contributed by atoms with E-state index in [0.29, 0.717) is 6.54 Å².